The van der Waals surface area contributed by atoms with E-state index in [2.05, 4.69) is 168 Å². The van der Waals surface area contributed by atoms with Gasteiger partial charge in [-0.25, -0.2) is 9.97 Å². The van der Waals surface area contributed by atoms with Crippen LogP contribution in [0.3, 0.4) is 0 Å². The molecule has 9 rings (SSSR count). The van der Waals surface area contributed by atoms with E-state index in [4.69, 9.17) is 9.97 Å². The van der Waals surface area contributed by atoms with Gasteiger partial charge in [-0.2, -0.15) is 0 Å². The molecule has 0 spiro atoms. The number of hydrogen-bond acceptors (Lipinski definition) is 2. The van der Waals surface area contributed by atoms with Gasteiger partial charge in [0, 0.05) is 33.0 Å². The molecule has 0 N–H and O–H groups in total. The highest BCUT2D eigenvalue weighted by Gasteiger charge is 2.27. The van der Waals surface area contributed by atoms with Crippen LogP contribution >= 0.6 is 0 Å². The molecule has 232 valence electrons. The molecule has 4 heteroatoms. The molecule has 0 atom stereocenters. The highest BCUT2D eigenvalue weighted by molar-refractivity contribution is 6.03. The molecule has 0 aliphatic heterocycles. The quantitative estimate of drug-likeness (QED) is 0.184. The Kier molecular flexibility index (Phi) is 6.80. The smallest absolute Gasteiger partial charge is 0.235 e. The van der Waals surface area contributed by atoms with Crippen molar-refractivity contribution in [3.8, 4) is 45.4 Å². The van der Waals surface area contributed by atoms with Gasteiger partial charge in [0.05, 0.1) is 33.6 Å². The number of aromatic nitrogens is 4. The second kappa shape index (κ2) is 11.6. The summed E-state index contributed by atoms with van der Waals surface area (Å²) in [7, 11) is 0. The number of fused-ring (bicyclic) bond motifs is 3. The van der Waals surface area contributed by atoms with Crippen molar-refractivity contribution in [1.29, 1.82) is 0 Å². The molecular formula is C45H32N4. The molecule has 0 saturated carbocycles. The number of aryl methyl sites for hydroxylation is 1. The summed E-state index contributed by atoms with van der Waals surface area (Å²) >= 11 is 0. The normalized spacial score (nSPS) is 11.4. The van der Waals surface area contributed by atoms with Gasteiger partial charge in [-0.3, -0.25) is 4.57 Å². The lowest BCUT2D eigenvalue weighted by atomic mass is 10.0. The van der Waals surface area contributed by atoms with Crippen molar-refractivity contribution in [2.75, 3.05) is 0 Å². The van der Waals surface area contributed by atoms with Gasteiger partial charge >= 0.3 is 0 Å². The van der Waals surface area contributed by atoms with Crippen LogP contribution in [0.15, 0.2) is 164 Å². The lowest BCUT2D eigenvalue weighted by Crippen LogP contribution is -2.08. The van der Waals surface area contributed by atoms with Gasteiger partial charge in [0.15, 0.2) is 0 Å². The first-order chi connectivity index (χ1) is 24.2. The Bertz CT molecular complexity index is 2660. The SMILES string of the molecule is C=Cc1c(-c2c(C)c3ccccc3n2-c2nc(-c3ccc(-c4ccccc4)cc3)c3ccccc3n2)n(-c2ccccc2)c2ccccc12. The lowest BCUT2D eigenvalue weighted by Gasteiger charge is -2.17. The van der Waals surface area contributed by atoms with E-state index in [1.54, 1.807) is 0 Å². The van der Waals surface area contributed by atoms with Crippen molar-refractivity contribution in [2.45, 2.75) is 6.92 Å². The molecule has 0 unspecified atom stereocenters. The molecule has 3 heterocycles. The summed E-state index contributed by atoms with van der Waals surface area (Å²) in [5.41, 5.74) is 12.8. The minimum atomic E-state index is 0.625. The average molecular weight is 629 g/mol. The van der Waals surface area contributed by atoms with E-state index in [1.807, 2.05) is 18.2 Å². The predicted octanol–water partition coefficient (Wildman–Crippen LogP) is 11.5. The molecule has 49 heavy (non-hydrogen) atoms. The van der Waals surface area contributed by atoms with Crippen molar-refractivity contribution < 1.29 is 0 Å². The molecule has 4 nitrogen and oxygen atoms in total. The summed E-state index contributed by atoms with van der Waals surface area (Å²) in [6.45, 7) is 6.54. The summed E-state index contributed by atoms with van der Waals surface area (Å²) in [6, 6.07) is 55.1. The first kappa shape index (κ1) is 28.7. The van der Waals surface area contributed by atoms with E-state index in [0.717, 1.165) is 72.2 Å². The molecule has 0 radical (unpaired) electrons. The van der Waals surface area contributed by atoms with E-state index in [1.165, 1.54) is 11.1 Å². The zero-order valence-electron chi connectivity index (χ0n) is 27.1. The predicted molar refractivity (Wildman–Crippen MR) is 204 cm³/mol. The molecule has 9 aromatic rings. The fraction of sp³-hybridized carbons (Fsp3) is 0.0222. The van der Waals surface area contributed by atoms with E-state index >= 15 is 0 Å². The summed E-state index contributed by atoms with van der Waals surface area (Å²) in [5.74, 6) is 0.625. The maximum atomic E-state index is 5.42. The van der Waals surface area contributed by atoms with Gasteiger partial charge in [-0.1, -0.05) is 140 Å². The third-order valence-electron chi connectivity index (χ3n) is 9.54. The van der Waals surface area contributed by atoms with Crippen molar-refractivity contribution in [2.24, 2.45) is 0 Å². The Morgan fingerprint density at radius 3 is 1.76 bits per heavy atom. The van der Waals surface area contributed by atoms with Gasteiger partial charge in [0.1, 0.15) is 0 Å². The van der Waals surface area contributed by atoms with Gasteiger partial charge in [-0.05, 0) is 53.9 Å². The first-order valence-corrected chi connectivity index (χ1v) is 16.6. The summed E-state index contributed by atoms with van der Waals surface area (Å²) < 4.78 is 4.61. The highest BCUT2D eigenvalue weighted by Crippen LogP contribution is 2.43. The van der Waals surface area contributed by atoms with E-state index in [-0.39, 0.29) is 0 Å². The van der Waals surface area contributed by atoms with Crippen LogP contribution in [0.2, 0.25) is 0 Å². The molecule has 0 amide bonds. The number of para-hydroxylation sites is 4. The van der Waals surface area contributed by atoms with Crippen LogP contribution < -0.4 is 0 Å². The van der Waals surface area contributed by atoms with Gasteiger partial charge in [-0.15, -0.1) is 0 Å². The minimum Gasteiger partial charge on any atom is -0.307 e. The zero-order chi connectivity index (χ0) is 32.9. The molecule has 0 bridgehead atoms. The standard InChI is InChI=1S/C45H32N4/c1-3-35-37-21-12-15-25-41(37)48(34-18-8-5-9-19-34)44(35)43-30(2)36-20-11-14-24-40(36)49(43)45-46-39-23-13-10-22-38(39)42(47-45)33-28-26-32(27-29-33)31-16-6-4-7-17-31/h3-29H,1H2,2H3. The van der Waals surface area contributed by atoms with E-state index in [0.29, 0.717) is 5.95 Å². The molecule has 3 aromatic heterocycles. The Balaban J connectivity index is 1.36. The Morgan fingerprint density at radius 2 is 1.04 bits per heavy atom. The maximum absolute atomic E-state index is 5.42. The second-order valence-corrected chi connectivity index (χ2v) is 12.3. The van der Waals surface area contributed by atoms with Crippen molar-refractivity contribution in [3.05, 3.63) is 175 Å². The minimum absolute atomic E-state index is 0.625. The number of nitrogens with zero attached hydrogens (tertiary/aromatic N) is 4. The largest absolute Gasteiger partial charge is 0.307 e. The van der Waals surface area contributed by atoms with Gasteiger partial charge in [0.2, 0.25) is 5.95 Å². The third kappa shape index (κ3) is 4.61. The number of hydrogen-bond donors (Lipinski definition) is 0. The van der Waals surface area contributed by atoms with Crippen molar-refractivity contribution >= 4 is 38.8 Å². The van der Waals surface area contributed by atoms with Crippen LogP contribution in [0.25, 0.3) is 84.2 Å². The first-order valence-electron chi connectivity index (χ1n) is 16.6. The van der Waals surface area contributed by atoms with Crippen molar-refractivity contribution in [3.63, 3.8) is 0 Å². The van der Waals surface area contributed by atoms with Gasteiger partial charge in [0.25, 0.3) is 0 Å². The lowest BCUT2D eigenvalue weighted by molar-refractivity contribution is 0.972. The number of benzene rings is 6. The summed E-state index contributed by atoms with van der Waals surface area (Å²) in [6.07, 6.45) is 1.99. The van der Waals surface area contributed by atoms with Crippen LogP contribution in [0.5, 0.6) is 0 Å². The Morgan fingerprint density at radius 1 is 0.490 bits per heavy atom. The second-order valence-electron chi connectivity index (χ2n) is 12.3. The zero-order valence-corrected chi connectivity index (χ0v) is 27.1. The average Bonchev–Trinajstić information content (AvgIpc) is 3.66. The molecule has 0 aliphatic carbocycles. The molecule has 6 aromatic carbocycles. The van der Waals surface area contributed by atoms with E-state index in [9.17, 15) is 0 Å². The molecule has 0 saturated heterocycles. The monoisotopic (exact) mass is 628 g/mol. The highest BCUT2D eigenvalue weighted by atomic mass is 15.2. The maximum Gasteiger partial charge on any atom is 0.235 e. The van der Waals surface area contributed by atoms with E-state index < -0.39 is 0 Å². The van der Waals surface area contributed by atoms with Gasteiger partial charge < -0.3 is 4.57 Å². The van der Waals surface area contributed by atoms with Crippen LogP contribution in [0.1, 0.15) is 11.1 Å². The Hall–Kier alpha value is -6.52. The third-order valence-corrected chi connectivity index (χ3v) is 9.54. The van der Waals surface area contributed by atoms with Crippen LogP contribution in [0, 0.1) is 6.92 Å². The van der Waals surface area contributed by atoms with Crippen LogP contribution in [-0.2, 0) is 0 Å². The van der Waals surface area contributed by atoms with Crippen LogP contribution in [-0.4, -0.2) is 19.1 Å². The van der Waals surface area contributed by atoms with Crippen molar-refractivity contribution in [1.82, 2.24) is 19.1 Å². The summed E-state index contributed by atoms with van der Waals surface area (Å²) in [4.78, 5) is 10.7. The molecule has 0 aliphatic rings. The molecule has 0 fully saturated rings. The molecular weight excluding hydrogens is 597 g/mol. The fourth-order valence-electron chi connectivity index (χ4n) is 7.28. The summed E-state index contributed by atoms with van der Waals surface area (Å²) in [5, 5.41) is 3.31. The Labute approximate surface area is 284 Å². The van der Waals surface area contributed by atoms with Crippen LogP contribution in [0.4, 0.5) is 0 Å². The fourth-order valence-corrected chi connectivity index (χ4v) is 7.28. The number of rotatable bonds is 6. The topological polar surface area (TPSA) is 35.6 Å².